The average Bonchev–Trinajstić information content (AvgIpc) is 3.18. The zero-order chi connectivity index (χ0) is 20.7. The van der Waals surface area contributed by atoms with Crippen LogP contribution in [0.5, 0.6) is 0 Å². The Morgan fingerprint density at radius 2 is 2.06 bits per heavy atom. The highest BCUT2D eigenvalue weighted by Crippen LogP contribution is 2.26. The Morgan fingerprint density at radius 1 is 1.19 bits per heavy atom. The first kappa shape index (κ1) is 21.2. The lowest BCUT2D eigenvalue weighted by Gasteiger charge is -2.25. The van der Waals surface area contributed by atoms with Gasteiger partial charge < -0.3 is 5.32 Å². The number of rotatable bonds is 4. The van der Waals surface area contributed by atoms with E-state index < -0.39 is 5.82 Å². The summed E-state index contributed by atoms with van der Waals surface area (Å²) in [7, 11) is 0. The first-order chi connectivity index (χ1) is 14.6. The van der Waals surface area contributed by atoms with Crippen molar-refractivity contribution in [3.05, 3.63) is 65.6 Å². The molecule has 5 rings (SSSR count). The van der Waals surface area contributed by atoms with Crippen LogP contribution in [0.3, 0.4) is 0 Å². The lowest BCUT2D eigenvalue weighted by molar-refractivity contribution is 0.591. The maximum Gasteiger partial charge on any atom is 0.228 e. The van der Waals surface area contributed by atoms with E-state index in [2.05, 4.69) is 40.3 Å². The van der Waals surface area contributed by atoms with E-state index in [4.69, 9.17) is 9.97 Å². The molecule has 31 heavy (non-hydrogen) atoms. The molecule has 4 heterocycles. The molecule has 1 atom stereocenters. The van der Waals surface area contributed by atoms with E-state index >= 15 is 0 Å². The zero-order valence-corrected chi connectivity index (χ0v) is 18.4. The number of aromatic nitrogens is 6. The summed E-state index contributed by atoms with van der Waals surface area (Å²) in [5.41, 5.74) is 4.69. The number of anilines is 1. The lowest BCUT2D eigenvalue weighted by atomic mass is 9.92. The molecule has 4 aromatic heterocycles. The van der Waals surface area contributed by atoms with Crippen molar-refractivity contribution in [1.29, 1.82) is 0 Å². The van der Waals surface area contributed by atoms with Gasteiger partial charge in [-0.15, -0.1) is 0 Å². The molecule has 0 bridgehead atoms. The third-order valence-electron chi connectivity index (χ3n) is 5.49. The first-order valence-electron chi connectivity index (χ1n) is 10.1. The normalized spacial score (nSPS) is 15.5. The van der Waals surface area contributed by atoms with Gasteiger partial charge in [-0.25, -0.2) is 9.37 Å². The van der Waals surface area contributed by atoms with Crippen LogP contribution < -0.4 is 5.32 Å². The van der Waals surface area contributed by atoms with Gasteiger partial charge in [0.25, 0.3) is 0 Å². The summed E-state index contributed by atoms with van der Waals surface area (Å²) in [6, 6.07) is 5.70. The second-order valence-electron chi connectivity index (χ2n) is 7.95. The number of hydrogen-bond acceptors (Lipinski definition) is 6. The second-order valence-corrected chi connectivity index (χ2v) is 7.95. The predicted molar refractivity (Wildman–Crippen MR) is 122 cm³/mol. The Morgan fingerprint density at radius 3 is 2.87 bits per heavy atom. The molecule has 7 nitrogen and oxygen atoms in total. The van der Waals surface area contributed by atoms with E-state index in [0.29, 0.717) is 17.3 Å². The summed E-state index contributed by atoms with van der Waals surface area (Å²) in [6.07, 6.45) is 9.15. The summed E-state index contributed by atoms with van der Waals surface area (Å²) in [4.78, 5) is 17.8. The fraction of sp³-hybridized carbons (Fsp3) is 0.318. The van der Waals surface area contributed by atoms with Gasteiger partial charge in [-0.05, 0) is 42.9 Å². The van der Waals surface area contributed by atoms with Crippen molar-refractivity contribution in [1.82, 2.24) is 29.5 Å². The predicted octanol–water partition coefficient (Wildman–Crippen LogP) is 3.93. The molecular weight excluding hydrogens is 413 g/mol. The van der Waals surface area contributed by atoms with Crippen LogP contribution in [-0.2, 0) is 12.8 Å². The number of halogens is 1. The Labute approximate surface area is 186 Å². The van der Waals surface area contributed by atoms with Crippen LogP contribution in [0.2, 0.25) is 0 Å². The number of fused-ring (bicyclic) bond motifs is 2. The smallest absolute Gasteiger partial charge is 0.228 e. The van der Waals surface area contributed by atoms with Crippen molar-refractivity contribution in [2.45, 2.75) is 45.1 Å². The topological polar surface area (TPSA) is 80.9 Å². The minimum absolute atomic E-state index is 0. The maximum absolute atomic E-state index is 13.8. The molecule has 0 aliphatic heterocycles. The summed E-state index contributed by atoms with van der Waals surface area (Å²) in [5.74, 6) is 0.858. The number of nitrogens with one attached hydrogen (secondary N) is 1. The number of pyridine rings is 2. The molecule has 1 aliphatic rings. The van der Waals surface area contributed by atoms with Crippen molar-refractivity contribution in [2.75, 3.05) is 5.32 Å². The minimum Gasteiger partial charge on any atom is -0.351 e. The fourth-order valence-electron chi connectivity index (χ4n) is 3.92. The molecule has 9 heteroatoms. The monoisotopic (exact) mass is 437 g/mol. The molecule has 0 aromatic carbocycles. The Kier molecular flexibility index (Phi) is 5.86. The molecule has 160 valence electrons. The van der Waals surface area contributed by atoms with Gasteiger partial charge in [0.2, 0.25) is 5.95 Å². The highest BCUT2D eigenvalue weighted by Gasteiger charge is 2.22. The van der Waals surface area contributed by atoms with Gasteiger partial charge in [0, 0.05) is 35.3 Å². The summed E-state index contributed by atoms with van der Waals surface area (Å²) >= 11 is 0. The van der Waals surface area contributed by atoms with Crippen LogP contribution in [0.4, 0.5) is 10.3 Å². The van der Waals surface area contributed by atoms with E-state index in [1.807, 2.05) is 18.5 Å². The number of nitrogens with zero attached hydrogens (tertiary/aromatic N) is 6. The molecule has 1 aliphatic carbocycles. The third-order valence-corrected chi connectivity index (χ3v) is 5.49. The van der Waals surface area contributed by atoms with E-state index in [-0.39, 0.29) is 25.5 Å². The van der Waals surface area contributed by atoms with Crippen LogP contribution >= 0.6 is 13.5 Å². The average molecular weight is 438 g/mol. The number of aryl methyl sites for hydroxylation is 1. The van der Waals surface area contributed by atoms with E-state index in [9.17, 15) is 4.39 Å². The second kappa shape index (κ2) is 8.58. The van der Waals surface area contributed by atoms with Crippen molar-refractivity contribution in [3.63, 3.8) is 0 Å². The molecule has 0 saturated heterocycles. The van der Waals surface area contributed by atoms with Crippen molar-refractivity contribution in [3.8, 4) is 11.4 Å². The van der Waals surface area contributed by atoms with Crippen LogP contribution in [0.1, 0.15) is 43.0 Å². The van der Waals surface area contributed by atoms with Gasteiger partial charge >= 0.3 is 0 Å². The largest absolute Gasteiger partial charge is 0.351 e. The molecule has 0 radical (unpaired) electrons. The Bertz CT molecular complexity index is 1220. The van der Waals surface area contributed by atoms with Crippen LogP contribution in [0.15, 0.2) is 43.0 Å². The van der Waals surface area contributed by atoms with Gasteiger partial charge in [-0.3, -0.25) is 9.97 Å². The van der Waals surface area contributed by atoms with Crippen molar-refractivity contribution in [2.24, 2.45) is 0 Å². The molecule has 0 unspecified atom stereocenters. The third kappa shape index (κ3) is 4.10. The molecule has 1 N–H and O–H groups in total. The van der Waals surface area contributed by atoms with E-state index in [1.165, 1.54) is 17.8 Å². The van der Waals surface area contributed by atoms with Gasteiger partial charge in [0.05, 0.1) is 12.4 Å². The molecule has 0 fully saturated rings. The quantitative estimate of drug-likeness (QED) is 0.521. The van der Waals surface area contributed by atoms with E-state index in [0.717, 1.165) is 36.2 Å². The molecule has 0 spiro atoms. The van der Waals surface area contributed by atoms with Crippen LogP contribution in [0.25, 0.3) is 17.0 Å². The van der Waals surface area contributed by atoms with Crippen molar-refractivity contribution >= 4 is 25.1 Å². The first-order valence-corrected chi connectivity index (χ1v) is 10.1. The maximum atomic E-state index is 13.8. The fourth-order valence-corrected chi connectivity index (χ4v) is 3.92. The highest BCUT2D eigenvalue weighted by atomic mass is 32.1. The lowest BCUT2D eigenvalue weighted by Crippen LogP contribution is -2.29. The molecule has 4 aromatic rings. The zero-order valence-electron chi connectivity index (χ0n) is 17.4. The van der Waals surface area contributed by atoms with Gasteiger partial charge in [0.15, 0.2) is 11.5 Å². The Balaban J connectivity index is 0.00000231. The molecule has 0 amide bonds. The van der Waals surface area contributed by atoms with Crippen LogP contribution in [0, 0.1) is 5.82 Å². The summed E-state index contributed by atoms with van der Waals surface area (Å²) in [5, 5.41) is 8.08. The standard InChI is InChI=1S/C22H22FN7.H2S/c1-13(2)18-12-26-30-21(18)28-20(15-8-16(23)11-24-10-15)29-22(30)27-17-5-6-19-14(9-17)4-3-7-25-19;/h3-4,7-8,10-13,17H,5-6,9H2,1-2H3,(H,27,28,29);1H2/t17-;/m1./s1. The molecular formula is C22H24FN7S. The highest BCUT2D eigenvalue weighted by molar-refractivity contribution is 7.59. The molecule has 0 saturated carbocycles. The van der Waals surface area contributed by atoms with Crippen molar-refractivity contribution < 1.29 is 4.39 Å². The minimum atomic E-state index is -0.417. The summed E-state index contributed by atoms with van der Waals surface area (Å²) in [6.45, 7) is 4.20. The van der Waals surface area contributed by atoms with Gasteiger partial charge in [-0.2, -0.15) is 28.1 Å². The SMILES string of the molecule is CC(C)c1cnn2c(N[C@@H]3CCc4ncccc4C3)nc(-c3cncc(F)c3)nc12.S. The number of hydrogen-bond donors (Lipinski definition) is 1. The van der Waals surface area contributed by atoms with E-state index in [1.54, 1.807) is 10.7 Å². The summed E-state index contributed by atoms with van der Waals surface area (Å²) < 4.78 is 15.5. The van der Waals surface area contributed by atoms with Gasteiger partial charge in [0.1, 0.15) is 5.82 Å². The van der Waals surface area contributed by atoms with Gasteiger partial charge in [-0.1, -0.05) is 19.9 Å². The Hall–Kier alpha value is -3.07. The van der Waals surface area contributed by atoms with Crippen LogP contribution in [-0.4, -0.2) is 35.6 Å².